The predicted molar refractivity (Wildman–Crippen MR) is 258 cm³/mol. The second-order valence-corrected chi connectivity index (χ2v) is 20.7. The molecule has 1 atom stereocenters. The number of piperazine rings is 1. The number of carbonyl (C=O) groups excluding carboxylic acids is 1. The van der Waals surface area contributed by atoms with E-state index < -0.39 is 31.4 Å². The summed E-state index contributed by atoms with van der Waals surface area (Å²) in [4.78, 5) is 38.6. The number of sulfonamides is 1. The summed E-state index contributed by atoms with van der Waals surface area (Å²) < 4.78 is 49.6. The number of nitro groups is 1. The normalized spacial score (nSPS) is 19.0. The lowest BCUT2D eigenvalue weighted by Crippen LogP contribution is -2.47. The highest BCUT2D eigenvalue weighted by Gasteiger charge is 2.32. The van der Waals surface area contributed by atoms with Crippen LogP contribution in [0.25, 0.3) is 33.3 Å². The molecule has 18 heteroatoms. The monoisotopic (exact) mass is 948 g/mol. The first-order valence-corrected chi connectivity index (χ1v) is 24.7. The Morgan fingerprint density at radius 1 is 1.00 bits per heavy atom. The van der Waals surface area contributed by atoms with E-state index in [2.05, 4.69) is 50.8 Å². The van der Waals surface area contributed by atoms with E-state index in [4.69, 9.17) is 30.8 Å². The average Bonchev–Trinajstić information content (AvgIpc) is 3.92. The SMILES string of the molecule is CC1(C)CCC(CN2CCN(c3ccc(C(=O)NS(=O)(=O)c4ccc(NC[C@H]5COCCO5)c([N+](=O)[O-])c4)c(-n4c5c(c6nc7[nH]ccc7cc64)OCCC5)c3)CC2)=C(c2ccc(Cl)cc2)C1. The van der Waals surface area contributed by atoms with Crippen LogP contribution < -0.4 is 19.7 Å². The van der Waals surface area contributed by atoms with Crippen molar-refractivity contribution in [1.29, 1.82) is 0 Å². The molecule has 350 valence electrons. The summed E-state index contributed by atoms with van der Waals surface area (Å²) in [6.45, 7) is 10.6. The zero-order chi connectivity index (χ0) is 46.5. The Kier molecular flexibility index (Phi) is 12.2. The topological polar surface area (TPSA) is 186 Å². The molecule has 3 aromatic carbocycles. The number of hydrogen-bond donors (Lipinski definition) is 3. The van der Waals surface area contributed by atoms with Crippen molar-refractivity contribution in [3.63, 3.8) is 0 Å². The van der Waals surface area contributed by atoms with Crippen LogP contribution in [0.15, 0.2) is 89.5 Å². The van der Waals surface area contributed by atoms with Gasteiger partial charge in [0.15, 0.2) is 5.75 Å². The highest BCUT2D eigenvalue weighted by Crippen LogP contribution is 2.44. The minimum Gasteiger partial charge on any atom is -0.489 e. The number of allylic oxidation sites excluding steroid dienone is 1. The molecule has 67 heavy (non-hydrogen) atoms. The van der Waals surface area contributed by atoms with Gasteiger partial charge in [-0.2, -0.15) is 0 Å². The number of nitrogens with one attached hydrogen (secondary N) is 3. The van der Waals surface area contributed by atoms with E-state index in [1.54, 1.807) is 6.07 Å². The summed E-state index contributed by atoms with van der Waals surface area (Å²) in [5.74, 6) is -0.271. The second kappa shape index (κ2) is 18.3. The van der Waals surface area contributed by atoms with Crippen LogP contribution in [0.3, 0.4) is 0 Å². The number of H-pyrrole nitrogens is 1. The van der Waals surface area contributed by atoms with Crippen LogP contribution in [0.2, 0.25) is 5.02 Å². The number of nitrogens with zero attached hydrogens (tertiary/aromatic N) is 5. The number of amides is 1. The van der Waals surface area contributed by atoms with Gasteiger partial charge in [0, 0.05) is 67.6 Å². The molecular formula is C49H53ClN8O8S. The van der Waals surface area contributed by atoms with E-state index in [-0.39, 0.29) is 29.3 Å². The fourth-order valence-electron chi connectivity index (χ4n) is 9.84. The molecule has 16 nitrogen and oxygen atoms in total. The molecule has 2 saturated heterocycles. The van der Waals surface area contributed by atoms with E-state index in [0.29, 0.717) is 61.0 Å². The maximum absolute atomic E-state index is 14.5. The number of halogens is 1. The van der Waals surface area contributed by atoms with Gasteiger partial charge in [0.2, 0.25) is 0 Å². The molecule has 3 N–H and O–H groups in total. The van der Waals surface area contributed by atoms with E-state index in [9.17, 15) is 23.3 Å². The van der Waals surface area contributed by atoms with Gasteiger partial charge < -0.3 is 34.0 Å². The molecule has 1 amide bonds. The van der Waals surface area contributed by atoms with E-state index in [1.165, 1.54) is 28.8 Å². The first-order chi connectivity index (χ1) is 32.3. The smallest absolute Gasteiger partial charge is 0.293 e. The van der Waals surface area contributed by atoms with Crippen molar-refractivity contribution in [2.75, 3.05) is 75.9 Å². The third-order valence-electron chi connectivity index (χ3n) is 13.4. The maximum Gasteiger partial charge on any atom is 0.293 e. The first kappa shape index (κ1) is 44.8. The quantitative estimate of drug-likeness (QED) is 0.0792. The summed E-state index contributed by atoms with van der Waals surface area (Å²) in [6.07, 6.45) is 6.05. The Morgan fingerprint density at radius 3 is 2.60 bits per heavy atom. The van der Waals surface area contributed by atoms with Crippen LogP contribution in [-0.4, -0.2) is 110 Å². The molecular weight excluding hydrogens is 896 g/mol. The van der Waals surface area contributed by atoms with Crippen molar-refractivity contribution in [2.24, 2.45) is 5.41 Å². The average molecular weight is 950 g/mol. The van der Waals surface area contributed by atoms with Crippen LogP contribution >= 0.6 is 11.6 Å². The largest absolute Gasteiger partial charge is 0.489 e. The second-order valence-electron chi connectivity index (χ2n) is 18.5. The van der Waals surface area contributed by atoms with Crippen LogP contribution in [0, 0.1) is 15.5 Å². The summed E-state index contributed by atoms with van der Waals surface area (Å²) in [5.41, 5.74) is 8.26. The Morgan fingerprint density at radius 2 is 1.82 bits per heavy atom. The third kappa shape index (κ3) is 9.22. The van der Waals surface area contributed by atoms with Crippen molar-refractivity contribution >= 4 is 72.2 Å². The zero-order valence-corrected chi connectivity index (χ0v) is 39.1. The minimum atomic E-state index is -4.61. The summed E-state index contributed by atoms with van der Waals surface area (Å²) in [7, 11) is -4.61. The number of fused-ring (bicyclic) bond motifs is 4. The van der Waals surface area contributed by atoms with E-state index in [0.717, 1.165) is 86.3 Å². The Bertz CT molecular complexity index is 3020. The molecule has 3 aromatic heterocycles. The summed E-state index contributed by atoms with van der Waals surface area (Å²) in [6, 6.07) is 21.1. The number of hydrogen-bond acceptors (Lipinski definition) is 12. The highest BCUT2D eigenvalue weighted by molar-refractivity contribution is 7.90. The Balaban J connectivity index is 0.962. The fraction of sp³-hybridized carbons (Fsp3) is 0.388. The Hall–Kier alpha value is -5.98. The van der Waals surface area contributed by atoms with Crippen LogP contribution in [0.5, 0.6) is 5.75 Å². The molecule has 10 rings (SSSR count). The van der Waals surface area contributed by atoms with Gasteiger partial charge in [0.25, 0.3) is 21.6 Å². The lowest BCUT2D eigenvalue weighted by molar-refractivity contribution is -0.384. The molecule has 2 fully saturated rings. The van der Waals surface area contributed by atoms with Crippen molar-refractivity contribution in [2.45, 2.75) is 57.0 Å². The fourth-order valence-corrected chi connectivity index (χ4v) is 11.0. The van der Waals surface area contributed by atoms with Crippen molar-refractivity contribution in [3.8, 4) is 11.4 Å². The lowest BCUT2D eigenvalue weighted by atomic mass is 9.72. The van der Waals surface area contributed by atoms with Crippen molar-refractivity contribution in [3.05, 3.63) is 117 Å². The number of ether oxygens (including phenoxy) is 3. The van der Waals surface area contributed by atoms with Gasteiger partial charge in [-0.1, -0.05) is 43.2 Å². The molecule has 6 aromatic rings. The van der Waals surface area contributed by atoms with Crippen LogP contribution in [0.1, 0.15) is 61.1 Å². The van der Waals surface area contributed by atoms with Gasteiger partial charge in [-0.05, 0) is 103 Å². The van der Waals surface area contributed by atoms with Gasteiger partial charge in [0.1, 0.15) is 16.9 Å². The molecule has 0 radical (unpaired) electrons. The molecule has 3 aliphatic heterocycles. The molecule has 4 aliphatic rings. The molecule has 0 saturated carbocycles. The van der Waals surface area contributed by atoms with Gasteiger partial charge in [-0.25, -0.2) is 18.1 Å². The maximum atomic E-state index is 14.5. The zero-order valence-electron chi connectivity index (χ0n) is 37.5. The summed E-state index contributed by atoms with van der Waals surface area (Å²) >= 11 is 6.28. The highest BCUT2D eigenvalue weighted by atomic mass is 35.5. The van der Waals surface area contributed by atoms with Crippen LogP contribution in [-0.2, 0) is 25.9 Å². The molecule has 6 heterocycles. The minimum absolute atomic E-state index is 0.0924. The van der Waals surface area contributed by atoms with E-state index in [1.807, 2.05) is 47.2 Å². The summed E-state index contributed by atoms with van der Waals surface area (Å²) in [5, 5.41) is 16.8. The number of anilines is 2. The van der Waals surface area contributed by atoms with Crippen LogP contribution in [0.4, 0.5) is 17.1 Å². The number of aromatic amines is 1. The van der Waals surface area contributed by atoms with E-state index >= 15 is 0 Å². The third-order valence-corrected chi connectivity index (χ3v) is 15.0. The number of pyridine rings is 1. The molecule has 0 unspecified atom stereocenters. The van der Waals surface area contributed by atoms with Gasteiger partial charge in [-0.3, -0.25) is 19.8 Å². The van der Waals surface area contributed by atoms with Gasteiger partial charge in [-0.15, -0.1) is 0 Å². The van der Waals surface area contributed by atoms with Crippen molar-refractivity contribution in [1.82, 2.24) is 24.2 Å². The van der Waals surface area contributed by atoms with Gasteiger partial charge in [0.05, 0.1) is 64.8 Å². The molecule has 0 spiro atoms. The lowest BCUT2D eigenvalue weighted by Gasteiger charge is -2.39. The number of aromatic nitrogens is 3. The number of rotatable bonds is 12. The predicted octanol–water partition coefficient (Wildman–Crippen LogP) is 8.13. The number of benzene rings is 3. The first-order valence-electron chi connectivity index (χ1n) is 22.8. The Labute approximate surface area is 393 Å². The van der Waals surface area contributed by atoms with Gasteiger partial charge >= 0.3 is 0 Å². The van der Waals surface area contributed by atoms with Crippen molar-refractivity contribution < 1.29 is 32.3 Å². The number of nitro benzene ring substituents is 1. The number of carbonyl (C=O) groups is 1. The molecule has 1 aliphatic carbocycles. The molecule has 0 bridgehead atoms. The standard InChI is InChI=1S/C49H53ClN8O8S/c1-49(2)15-13-33(39(27-49)31-5-7-34(50)8-6-31)29-55-17-19-56(20-18-55)35-9-11-38(42(25-35)57-41-4-3-21-66-46(41)45-44(57)24-32-14-16-51-47(32)53-45)48(59)54-67(62,63)37-10-12-40(43(26-37)58(60)61)52-28-36-30-64-22-23-65-36/h5-12,14,16,24-26,36,52H,3-4,13,15,17-23,27-30H2,1-2H3,(H,51,53)(H,54,59)/t36-/m0/s1.